The molecule has 0 bridgehead atoms. The number of amides is 1. The zero-order valence-corrected chi connectivity index (χ0v) is 16.7. The van der Waals surface area contributed by atoms with Gasteiger partial charge < -0.3 is 5.32 Å². The number of rotatable bonds is 5. The average molecular weight is 401 g/mol. The summed E-state index contributed by atoms with van der Waals surface area (Å²) < 4.78 is 1.79. The van der Waals surface area contributed by atoms with Gasteiger partial charge in [-0.1, -0.05) is 48.5 Å². The van der Waals surface area contributed by atoms with Crippen LogP contribution in [0.2, 0.25) is 0 Å². The number of aryl methyl sites for hydroxylation is 2. The lowest BCUT2D eigenvalue weighted by atomic mass is 9.91. The van der Waals surface area contributed by atoms with Crippen molar-refractivity contribution in [3.63, 3.8) is 0 Å². The van der Waals surface area contributed by atoms with Crippen molar-refractivity contribution in [3.05, 3.63) is 94.4 Å². The molecule has 1 amide bonds. The van der Waals surface area contributed by atoms with Gasteiger partial charge in [-0.2, -0.15) is 5.10 Å². The lowest BCUT2D eigenvalue weighted by Gasteiger charge is -2.15. The van der Waals surface area contributed by atoms with E-state index in [2.05, 4.69) is 57.9 Å². The maximum Gasteiger partial charge on any atom is 0.261 e. The Kier molecular flexibility index (Phi) is 4.69. The van der Waals surface area contributed by atoms with Gasteiger partial charge in [0.05, 0.1) is 11.4 Å². The minimum absolute atomic E-state index is 0.00595. The van der Waals surface area contributed by atoms with Crippen LogP contribution in [0.4, 0.5) is 0 Å². The molecule has 0 saturated heterocycles. The molecule has 0 radical (unpaired) electrons. The van der Waals surface area contributed by atoms with Crippen LogP contribution < -0.4 is 5.32 Å². The molecule has 0 unspecified atom stereocenters. The van der Waals surface area contributed by atoms with Crippen LogP contribution in [0.5, 0.6) is 0 Å². The Bertz CT molecular complexity index is 1150. The number of thiophene rings is 1. The average Bonchev–Trinajstić information content (AvgIpc) is 3.43. The highest BCUT2D eigenvalue weighted by atomic mass is 32.1. The topological polar surface area (TPSA) is 59.8 Å². The summed E-state index contributed by atoms with van der Waals surface area (Å²) in [6.45, 7) is 1.20. The quantitative estimate of drug-likeness (QED) is 0.549. The van der Waals surface area contributed by atoms with E-state index in [4.69, 9.17) is 0 Å². The standard InChI is InChI=1S/C23H20N4OS/c28-23(21-11-19-10-9-18-3-1-2-4-20(18)22(19)29-21)25-12-16-5-7-17(8-6-16)13-27-15-24-14-26-27/h1-8,11,14-15H,9-10,12-13H2,(H,25,28). The summed E-state index contributed by atoms with van der Waals surface area (Å²) in [5, 5.41) is 7.18. The smallest absolute Gasteiger partial charge is 0.261 e. The molecule has 1 aliphatic rings. The first-order chi connectivity index (χ1) is 14.3. The number of hydrogen-bond acceptors (Lipinski definition) is 4. The van der Waals surface area contributed by atoms with Gasteiger partial charge in [0.2, 0.25) is 0 Å². The molecule has 2 aromatic carbocycles. The van der Waals surface area contributed by atoms with E-state index in [0.29, 0.717) is 13.1 Å². The molecule has 1 aliphatic carbocycles. The number of carbonyl (C=O) groups is 1. The van der Waals surface area contributed by atoms with Crippen molar-refractivity contribution >= 4 is 17.2 Å². The van der Waals surface area contributed by atoms with Crippen LogP contribution >= 0.6 is 11.3 Å². The fourth-order valence-electron chi connectivity index (χ4n) is 3.72. The Balaban J connectivity index is 1.24. The van der Waals surface area contributed by atoms with E-state index in [9.17, 15) is 4.79 Å². The predicted octanol–water partition coefficient (Wildman–Crippen LogP) is 4.08. The Morgan fingerprint density at radius 3 is 2.66 bits per heavy atom. The summed E-state index contributed by atoms with van der Waals surface area (Å²) in [7, 11) is 0. The molecule has 5 rings (SSSR count). The third-order valence-corrected chi connectivity index (χ3v) is 6.46. The first-order valence-electron chi connectivity index (χ1n) is 9.66. The number of carbonyl (C=O) groups excluding carboxylic acids is 1. The summed E-state index contributed by atoms with van der Waals surface area (Å²) in [4.78, 5) is 18.7. The summed E-state index contributed by atoms with van der Waals surface area (Å²) in [6.07, 6.45) is 5.28. The molecule has 0 fully saturated rings. The van der Waals surface area contributed by atoms with Gasteiger partial charge in [-0.3, -0.25) is 4.79 Å². The zero-order valence-electron chi connectivity index (χ0n) is 15.8. The van der Waals surface area contributed by atoms with E-state index < -0.39 is 0 Å². The maximum absolute atomic E-state index is 12.7. The number of nitrogens with zero attached hydrogens (tertiary/aromatic N) is 3. The molecule has 4 aromatic rings. The third-order valence-electron chi connectivity index (χ3n) is 5.25. The number of fused-ring (bicyclic) bond motifs is 3. The molecule has 29 heavy (non-hydrogen) atoms. The highest BCUT2D eigenvalue weighted by Crippen LogP contribution is 2.39. The summed E-state index contributed by atoms with van der Waals surface area (Å²) in [5.74, 6) is -0.00595. The number of nitrogens with one attached hydrogen (secondary N) is 1. The third kappa shape index (κ3) is 3.71. The Morgan fingerprint density at radius 2 is 1.83 bits per heavy atom. The maximum atomic E-state index is 12.7. The zero-order chi connectivity index (χ0) is 19.6. The Labute approximate surface area is 173 Å². The molecule has 144 valence electrons. The molecular formula is C23H20N4OS. The van der Waals surface area contributed by atoms with Gasteiger partial charge in [0.25, 0.3) is 5.91 Å². The van der Waals surface area contributed by atoms with Crippen LogP contribution in [0.15, 0.2) is 67.3 Å². The molecule has 0 aliphatic heterocycles. The summed E-state index contributed by atoms with van der Waals surface area (Å²) in [5.41, 5.74) is 6.17. The van der Waals surface area contributed by atoms with E-state index in [1.807, 2.05) is 12.1 Å². The lowest BCUT2D eigenvalue weighted by molar-refractivity contribution is 0.0955. The Hall–Kier alpha value is -3.25. The molecule has 2 heterocycles. The Morgan fingerprint density at radius 1 is 1.03 bits per heavy atom. The van der Waals surface area contributed by atoms with Crippen molar-refractivity contribution in [2.45, 2.75) is 25.9 Å². The van der Waals surface area contributed by atoms with Crippen molar-refractivity contribution in [1.29, 1.82) is 0 Å². The molecule has 0 spiro atoms. The van der Waals surface area contributed by atoms with Gasteiger partial charge in [-0.05, 0) is 46.7 Å². The van der Waals surface area contributed by atoms with E-state index >= 15 is 0 Å². The number of hydrogen-bond donors (Lipinski definition) is 1. The monoisotopic (exact) mass is 400 g/mol. The van der Waals surface area contributed by atoms with Crippen molar-refractivity contribution in [2.75, 3.05) is 0 Å². The van der Waals surface area contributed by atoms with Crippen molar-refractivity contribution < 1.29 is 4.79 Å². The van der Waals surface area contributed by atoms with E-state index in [1.165, 1.54) is 27.9 Å². The van der Waals surface area contributed by atoms with Crippen LogP contribution in [0, 0.1) is 0 Å². The molecule has 0 saturated carbocycles. The molecule has 2 aromatic heterocycles. The van der Waals surface area contributed by atoms with E-state index in [-0.39, 0.29) is 5.91 Å². The molecular weight excluding hydrogens is 380 g/mol. The highest BCUT2D eigenvalue weighted by Gasteiger charge is 2.21. The molecule has 1 N–H and O–H groups in total. The van der Waals surface area contributed by atoms with Crippen molar-refractivity contribution in [1.82, 2.24) is 20.1 Å². The second-order valence-corrected chi connectivity index (χ2v) is 8.27. The first-order valence-corrected chi connectivity index (χ1v) is 10.5. The summed E-state index contributed by atoms with van der Waals surface area (Å²) in [6, 6.07) is 18.8. The second kappa shape index (κ2) is 7.64. The van der Waals surface area contributed by atoms with Crippen LogP contribution in [0.25, 0.3) is 10.4 Å². The van der Waals surface area contributed by atoms with Gasteiger partial charge >= 0.3 is 0 Å². The molecule has 0 atom stereocenters. The van der Waals surface area contributed by atoms with Gasteiger partial charge in [0.15, 0.2) is 0 Å². The summed E-state index contributed by atoms with van der Waals surface area (Å²) >= 11 is 1.60. The van der Waals surface area contributed by atoms with Gasteiger partial charge in [0, 0.05) is 11.4 Å². The minimum Gasteiger partial charge on any atom is -0.347 e. The predicted molar refractivity (Wildman–Crippen MR) is 114 cm³/mol. The number of benzene rings is 2. The normalized spacial score (nSPS) is 12.3. The first kappa shape index (κ1) is 17.8. The van der Waals surface area contributed by atoms with Gasteiger partial charge in [-0.25, -0.2) is 9.67 Å². The van der Waals surface area contributed by atoms with E-state index in [1.54, 1.807) is 22.3 Å². The fourth-order valence-corrected chi connectivity index (χ4v) is 4.90. The van der Waals surface area contributed by atoms with Gasteiger partial charge in [0.1, 0.15) is 12.7 Å². The molecule has 5 nitrogen and oxygen atoms in total. The van der Waals surface area contributed by atoms with Crippen LogP contribution in [-0.4, -0.2) is 20.7 Å². The van der Waals surface area contributed by atoms with Crippen LogP contribution in [0.1, 0.15) is 31.9 Å². The second-order valence-electron chi connectivity index (χ2n) is 7.21. The molecule has 6 heteroatoms. The van der Waals surface area contributed by atoms with Gasteiger partial charge in [-0.15, -0.1) is 11.3 Å². The van der Waals surface area contributed by atoms with Crippen LogP contribution in [-0.2, 0) is 25.9 Å². The van der Waals surface area contributed by atoms with Crippen molar-refractivity contribution in [2.24, 2.45) is 0 Å². The number of aromatic nitrogens is 3. The highest BCUT2D eigenvalue weighted by molar-refractivity contribution is 7.17. The SMILES string of the molecule is O=C(NCc1ccc(Cn2cncn2)cc1)c1cc2c(s1)-c1ccccc1CC2. The fraction of sp³-hybridized carbons (Fsp3) is 0.174. The van der Waals surface area contributed by atoms with E-state index in [0.717, 1.165) is 28.8 Å². The van der Waals surface area contributed by atoms with Crippen LogP contribution in [0.3, 0.4) is 0 Å². The lowest BCUT2D eigenvalue weighted by Crippen LogP contribution is -2.21. The largest absolute Gasteiger partial charge is 0.347 e. The van der Waals surface area contributed by atoms with Crippen molar-refractivity contribution in [3.8, 4) is 10.4 Å². The minimum atomic E-state index is -0.00595.